The number of aliphatic carboxylic acids is 1. The van der Waals surface area contributed by atoms with Crippen LogP contribution >= 0.6 is 0 Å². The fourth-order valence-corrected chi connectivity index (χ4v) is 2.80. The van der Waals surface area contributed by atoms with Gasteiger partial charge in [-0.3, -0.25) is 9.59 Å². The molecule has 1 unspecified atom stereocenters. The maximum absolute atomic E-state index is 12.8. The van der Waals surface area contributed by atoms with Gasteiger partial charge in [-0.1, -0.05) is 36.4 Å². The molecule has 0 aliphatic rings. The Morgan fingerprint density at radius 3 is 2.22 bits per heavy atom. The molecular formula is C21H25NO5. The van der Waals surface area contributed by atoms with E-state index in [4.69, 9.17) is 9.47 Å². The number of ether oxygens (including phenoxy) is 2. The molecule has 27 heavy (non-hydrogen) atoms. The Bertz CT molecular complexity index is 801. The molecule has 2 rings (SSSR count). The normalized spacial score (nSPS) is 12.1. The Morgan fingerprint density at radius 1 is 1.04 bits per heavy atom. The fraction of sp³-hybridized carbons (Fsp3) is 0.333. The lowest BCUT2D eigenvalue weighted by atomic mass is 9.83. The molecule has 6 nitrogen and oxygen atoms in total. The van der Waals surface area contributed by atoms with Crippen molar-refractivity contribution in [3.05, 3.63) is 59.7 Å². The van der Waals surface area contributed by atoms with Crippen LogP contribution in [-0.4, -0.2) is 37.7 Å². The van der Waals surface area contributed by atoms with Crippen molar-refractivity contribution in [1.82, 2.24) is 5.32 Å². The molecule has 2 aromatic carbocycles. The number of hydrogen-bond donors (Lipinski definition) is 2. The molecule has 0 saturated carbocycles. The number of amides is 1. The smallest absolute Gasteiger partial charge is 0.312 e. The van der Waals surface area contributed by atoms with Gasteiger partial charge in [0.1, 0.15) is 0 Å². The first-order valence-electron chi connectivity index (χ1n) is 8.59. The largest absolute Gasteiger partial charge is 0.493 e. The zero-order valence-corrected chi connectivity index (χ0v) is 16.0. The Morgan fingerprint density at radius 2 is 1.67 bits per heavy atom. The number of benzene rings is 2. The minimum atomic E-state index is -0.981. The van der Waals surface area contributed by atoms with Crippen LogP contribution in [0.4, 0.5) is 0 Å². The van der Waals surface area contributed by atoms with Crippen LogP contribution in [0.25, 0.3) is 0 Å². The quantitative estimate of drug-likeness (QED) is 0.745. The van der Waals surface area contributed by atoms with Crippen molar-refractivity contribution < 1.29 is 24.2 Å². The number of nitrogens with one attached hydrogen (secondary N) is 1. The van der Waals surface area contributed by atoms with Crippen LogP contribution < -0.4 is 14.8 Å². The zero-order valence-electron chi connectivity index (χ0n) is 16.0. The Labute approximate surface area is 159 Å². The van der Waals surface area contributed by atoms with Crippen molar-refractivity contribution in [2.75, 3.05) is 20.8 Å². The molecule has 1 amide bonds. The highest BCUT2D eigenvalue weighted by atomic mass is 16.5. The van der Waals surface area contributed by atoms with E-state index < -0.39 is 17.3 Å². The minimum Gasteiger partial charge on any atom is -0.493 e. The van der Waals surface area contributed by atoms with Gasteiger partial charge in [0, 0.05) is 6.54 Å². The average Bonchev–Trinajstić information content (AvgIpc) is 2.67. The molecule has 144 valence electrons. The summed E-state index contributed by atoms with van der Waals surface area (Å²) in [6, 6.07) is 14.2. The molecule has 2 N–H and O–H groups in total. The third-order valence-corrected chi connectivity index (χ3v) is 4.64. The number of hydrogen-bond acceptors (Lipinski definition) is 4. The van der Waals surface area contributed by atoms with Crippen molar-refractivity contribution in [3.8, 4) is 11.5 Å². The van der Waals surface area contributed by atoms with Crippen LogP contribution in [0.3, 0.4) is 0 Å². The lowest BCUT2D eigenvalue weighted by Crippen LogP contribution is -2.42. The van der Waals surface area contributed by atoms with Gasteiger partial charge < -0.3 is 19.9 Å². The van der Waals surface area contributed by atoms with Crippen LogP contribution in [0, 0.1) is 0 Å². The first kappa shape index (κ1) is 20.3. The van der Waals surface area contributed by atoms with Crippen LogP contribution in [0.5, 0.6) is 11.5 Å². The average molecular weight is 371 g/mol. The second-order valence-electron chi connectivity index (χ2n) is 6.71. The molecular weight excluding hydrogens is 346 g/mol. The van der Waals surface area contributed by atoms with Gasteiger partial charge in [0.2, 0.25) is 5.91 Å². The SMILES string of the molecule is COc1ccc(C(C)(C)C(=O)NCC(C(=O)O)c2ccccc2)cc1OC. The molecule has 6 heteroatoms. The van der Waals surface area contributed by atoms with E-state index in [9.17, 15) is 14.7 Å². The lowest BCUT2D eigenvalue weighted by Gasteiger charge is -2.26. The van der Waals surface area contributed by atoms with Gasteiger partial charge in [0.05, 0.1) is 25.6 Å². The Kier molecular flexibility index (Phi) is 6.45. The van der Waals surface area contributed by atoms with E-state index in [0.29, 0.717) is 17.1 Å². The second kappa shape index (κ2) is 8.58. The summed E-state index contributed by atoms with van der Waals surface area (Å²) in [6.45, 7) is 3.57. The van der Waals surface area contributed by atoms with E-state index in [1.54, 1.807) is 63.4 Å². The van der Waals surface area contributed by atoms with Crippen LogP contribution in [0.2, 0.25) is 0 Å². The molecule has 0 radical (unpaired) electrons. The topological polar surface area (TPSA) is 84.9 Å². The Balaban J connectivity index is 2.17. The molecule has 0 bridgehead atoms. The van der Waals surface area contributed by atoms with Gasteiger partial charge in [0.25, 0.3) is 0 Å². The summed E-state index contributed by atoms with van der Waals surface area (Å²) in [5.74, 6) is -0.949. The van der Waals surface area contributed by atoms with E-state index in [1.807, 2.05) is 6.07 Å². The van der Waals surface area contributed by atoms with E-state index in [-0.39, 0.29) is 12.5 Å². The zero-order chi connectivity index (χ0) is 20.0. The van der Waals surface area contributed by atoms with Gasteiger partial charge in [-0.15, -0.1) is 0 Å². The third-order valence-electron chi connectivity index (χ3n) is 4.64. The van der Waals surface area contributed by atoms with E-state index in [0.717, 1.165) is 5.56 Å². The van der Waals surface area contributed by atoms with Crippen LogP contribution in [-0.2, 0) is 15.0 Å². The molecule has 0 aliphatic heterocycles. The van der Waals surface area contributed by atoms with Crippen molar-refractivity contribution in [2.45, 2.75) is 25.2 Å². The van der Waals surface area contributed by atoms with Crippen LogP contribution in [0.15, 0.2) is 48.5 Å². The lowest BCUT2D eigenvalue weighted by molar-refractivity contribution is -0.138. The molecule has 2 aromatic rings. The maximum Gasteiger partial charge on any atom is 0.312 e. The summed E-state index contributed by atoms with van der Waals surface area (Å²) < 4.78 is 10.5. The molecule has 0 saturated heterocycles. The highest BCUT2D eigenvalue weighted by Gasteiger charge is 2.32. The first-order valence-corrected chi connectivity index (χ1v) is 8.59. The Hall–Kier alpha value is -3.02. The summed E-state index contributed by atoms with van der Waals surface area (Å²) in [6.07, 6.45) is 0. The molecule has 1 atom stereocenters. The maximum atomic E-state index is 12.8. The monoisotopic (exact) mass is 371 g/mol. The molecule has 0 spiro atoms. The number of carbonyl (C=O) groups is 2. The first-order chi connectivity index (χ1) is 12.8. The number of rotatable bonds is 8. The van der Waals surface area contributed by atoms with Gasteiger partial charge in [-0.2, -0.15) is 0 Å². The fourth-order valence-electron chi connectivity index (χ4n) is 2.80. The van der Waals surface area contributed by atoms with Gasteiger partial charge in [-0.05, 0) is 37.1 Å². The van der Waals surface area contributed by atoms with Gasteiger partial charge >= 0.3 is 5.97 Å². The van der Waals surface area contributed by atoms with Crippen molar-refractivity contribution in [2.24, 2.45) is 0 Å². The third kappa shape index (κ3) is 4.58. The highest BCUT2D eigenvalue weighted by Crippen LogP contribution is 2.33. The summed E-state index contributed by atoms with van der Waals surface area (Å²) in [5, 5.41) is 12.3. The number of methoxy groups -OCH3 is 2. The van der Waals surface area contributed by atoms with E-state index >= 15 is 0 Å². The molecule has 0 heterocycles. The van der Waals surface area contributed by atoms with E-state index in [2.05, 4.69) is 5.32 Å². The number of carboxylic acids is 1. The molecule has 0 fully saturated rings. The highest BCUT2D eigenvalue weighted by molar-refractivity contribution is 5.88. The predicted molar refractivity (Wildman–Crippen MR) is 102 cm³/mol. The minimum absolute atomic E-state index is 0.00883. The summed E-state index contributed by atoms with van der Waals surface area (Å²) in [5.41, 5.74) is 0.512. The van der Waals surface area contributed by atoms with E-state index in [1.165, 1.54) is 7.11 Å². The predicted octanol–water partition coefficient (Wildman–Crippen LogP) is 2.97. The number of carboxylic acid groups (broad SMARTS) is 1. The van der Waals surface area contributed by atoms with Crippen LogP contribution in [0.1, 0.15) is 30.9 Å². The second-order valence-corrected chi connectivity index (χ2v) is 6.71. The number of carbonyl (C=O) groups excluding carboxylic acids is 1. The molecule has 0 aliphatic carbocycles. The van der Waals surface area contributed by atoms with Crippen molar-refractivity contribution >= 4 is 11.9 Å². The van der Waals surface area contributed by atoms with Gasteiger partial charge in [0.15, 0.2) is 11.5 Å². The van der Waals surface area contributed by atoms with Gasteiger partial charge in [-0.25, -0.2) is 0 Å². The molecule has 0 aromatic heterocycles. The standard InChI is InChI=1S/C21H25NO5/c1-21(2,15-10-11-17(26-3)18(12-15)27-4)20(25)22-13-16(19(23)24)14-8-6-5-7-9-14/h5-12,16H,13H2,1-4H3,(H,22,25)(H,23,24). The summed E-state index contributed by atoms with van der Waals surface area (Å²) in [4.78, 5) is 24.4. The van der Waals surface area contributed by atoms with Crippen molar-refractivity contribution in [3.63, 3.8) is 0 Å². The van der Waals surface area contributed by atoms with Crippen molar-refractivity contribution in [1.29, 1.82) is 0 Å². The summed E-state index contributed by atoms with van der Waals surface area (Å²) >= 11 is 0. The summed E-state index contributed by atoms with van der Waals surface area (Å²) in [7, 11) is 3.08.